The van der Waals surface area contributed by atoms with Crippen LogP contribution in [0.2, 0.25) is 0 Å². The normalized spacial score (nSPS) is 27.0. The van der Waals surface area contributed by atoms with Gasteiger partial charge in [-0.2, -0.15) is 0 Å². The zero-order valence-corrected chi connectivity index (χ0v) is 14.3. The topological polar surface area (TPSA) is 15.3 Å². The molecule has 2 nitrogen and oxygen atoms in total. The Labute approximate surface area is 139 Å². The van der Waals surface area contributed by atoms with Gasteiger partial charge in [-0.1, -0.05) is 18.2 Å². The summed E-state index contributed by atoms with van der Waals surface area (Å²) in [5.74, 6) is 0. The SMILES string of the molecule is CC1Nc2ccccc2[C@@]12CCN(c1ccc(I)cc1)C2. The van der Waals surface area contributed by atoms with Crippen molar-refractivity contribution in [2.45, 2.75) is 24.8 Å². The molecule has 1 spiro atoms. The van der Waals surface area contributed by atoms with Gasteiger partial charge in [0.2, 0.25) is 0 Å². The average molecular weight is 390 g/mol. The second-order valence-electron chi connectivity index (χ2n) is 6.22. The first kappa shape index (κ1) is 13.4. The third-order valence-corrected chi connectivity index (χ3v) is 5.88. The van der Waals surface area contributed by atoms with E-state index in [1.807, 2.05) is 0 Å². The van der Waals surface area contributed by atoms with Crippen LogP contribution < -0.4 is 10.2 Å². The fraction of sp³-hybridized carbons (Fsp3) is 0.333. The van der Waals surface area contributed by atoms with E-state index in [1.54, 1.807) is 0 Å². The molecule has 2 aromatic rings. The molecule has 4 rings (SSSR count). The first-order chi connectivity index (χ1) is 10.2. The number of nitrogens with zero attached hydrogens (tertiary/aromatic N) is 1. The second kappa shape index (κ2) is 4.90. The van der Waals surface area contributed by atoms with Gasteiger partial charge in [0.1, 0.15) is 0 Å². The van der Waals surface area contributed by atoms with Crippen LogP contribution in [0.15, 0.2) is 48.5 Å². The molecule has 0 aromatic heterocycles. The number of nitrogens with one attached hydrogen (secondary N) is 1. The molecule has 2 atom stereocenters. The third kappa shape index (κ3) is 2.05. The van der Waals surface area contributed by atoms with Crippen molar-refractivity contribution in [1.82, 2.24) is 0 Å². The summed E-state index contributed by atoms with van der Waals surface area (Å²) in [7, 11) is 0. The van der Waals surface area contributed by atoms with E-state index in [4.69, 9.17) is 0 Å². The summed E-state index contributed by atoms with van der Waals surface area (Å²) >= 11 is 2.37. The standard InChI is InChI=1S/C18H19IN2/c1-13-18(16-4-2-3-5-17(16)20-13)10-11-21(12-18)15-8-6-14(19)7-9-15/h2-9,13,20H,10-12H2,1H3/t13?,18-/m1/s1. The lowest BCUT2D eigenvalue weighted by Gasteiger charge is -2.30. The summed E-state index contributed by atoms with van der Waals surface area (Å²) in [6, 6.07) is 18.2. The molecule has 0 radical (unpaired) electrons. The molecule has 2 aliphatic rings. The molecule has 1 N–H and O–H groups in total. The molecule has 2 aromatic carbocycles. The van der Waals surface area contributed by atoms with Gasteiger partial charge in [-0.05, 0) is 71.8 Å². The van der Waals surface area contributed by atoms with Crippen LogP contribution in [0.3, 0.4) is 0 Å². The van der Waals surface area contributed by atoms with Gasteiger partial charge in [-0.15, -0.1) is 0 Å². The lowest BCUT2D eigenvalue weighted by molar-refractivity contribution is 0.443. The summed E-state index contributed by atoms with van der Waals surface area (Å²) in [6.07, 6.45) is 1.23. The molecule has 1 fully saturated rings. The summed E-state index contributed by atoms with van der Waals surface area (Å²) in [4.78, 5) is 2.54. The number of halogens is 1. The van der Waals surface area contributed by atoms with Gasteiger partial charge in [0.25, 0.3) is 0 Å². The van der Waals surface area contributed by atoms with Crippen LogP contribution in [0.1, 0.15) is 18.9 Å². The summed E-state index contributed by atoms with van der Waals surface area (Å²) in [5.41, 5.74) is 4.45. The Balaban J connectivity index is 1.68. The van der Waals surface area contributed by atoms with E-state index < -0.39 is 0 Å². The largest absolute Gasteiger partial charge is 0.381 e. The Kier molecular flexibility index (Phi) is 3.14. The minimum absolute atomic E-state index is 0.263. The predicted molar refractivity (Wildman–Crippen MR) is 97.2 cm³/mol. The Morgan fingerprint density at radius 2 is 1.90 bits per heavy atom. The van der Waals surface area contributed by atoms with Crippen LogP contribution >= 0.6 is 22.6 Å². The van der Waals surface area contributed by atoms with E-state index in [9.17, 15) is 0 Å². The number of fused-ring (bicyclic) bond motifs is 2. The van der Waals surface area contributed by atoms with Gasteiger partial charge < -0.3 is 10.2 Å². The van der Waals surface area contributed by atoms with E-state index in [1.165, 1.54) is 26.9 Å². The maximum atomic E-state index is 3.68. The van der Waals surface area contributed by atoms with Crippen molar-refractivity contribution in [3.05, 3.63) is 57.7 Å². The van der Waals surface area contributed by atoms with Crippen molar-refractivity contribution >= 4 is 34.0 Å². The molecule has 2 heterocycles. The van der Waals surface area contributed by atoms with E-state index >= 15 is 0 Å². The second-order valence-corrected chi connectivity index (χ2v) is 7.46. The van der Waals surface area contributed by atoms with Crippen molar-refractivity contribution in [3.63, 3.8) is 0 Å². The summed E-state index contributed by atoms with van der Waals surface area (Å²) < 4.78 is 1.30. The van der Waals surface area contributed by atoms with Crippen molar-refractivity contribution < 1.29 is 0 Å². The molecule has 3 heteroatoms. The van der Waals surface area contributed by atoms with Gasteiger partial charge in [0.15, 0.2) is 0 Å². The van der Waals surface area contributed by atoms with E-state index in [-0.39, 0.29) is 5.41 Å². The summed E-state index contributed by atoms with van der Waals surface area (Å²) in [5, 5.41) is 3.68. The molecule has 1 saturated heterocycles. The summed E-state index contributed by atoms with van der Waals surface area (Å²) in [6.45, 7) is 4.58. The predicted octanol–water partition coefficient (Wildman–Crippen LogP) is 4.25. The van der Waals surface area contributed by atoms with Crippen molar-refractivity contribution in [1.29, 1.82) is 0 Å². The fourth-order valence-corrected chi connectivity index (χ4v) is 4.29. The maximum absolute atomic E-state index is 3.68. The lowest BCUT2D eigenvalue weighted by Crippen LogP contribution is -2.39. The Morgan fingerprint density at radius 3 is 2.71 bits per heavy atom. The number of anilines is 2. The first-order valence-corrected chi connectivity index (χ1v) is 8.63. The third-order valence-electron chi connectivity index (χ3n) is 5.16. The van der Waals surface area contributed by atoms with Gasteiger partial charge in [0, 0.05) is 39.5 Å². The highest BCUT2D eigenvalue weighted by Crippen LogP contribution is 2.47. The quantitative estimate of drug-likeness (QED) is 0.733. The molecular weight excluding hydrogens is 371 g/mol. The Bertz CT molecular complexity index is 667. The molecular formula is C18H19IN2. The van der Waals surface area contributed by atoms with Crippen LogP contribution in [0.4, 0.5) is 11.4 Å². The average Bonchev–Trinajstić information content (AvgIpc) is 3.05. The van der Waals surface area contributed by atoms with E-state index in [0.717, 1.165) is 13.1 Å². The van der Waals surface area contributed by atoms with Crippen molar-refractivity contribution in [2.75, 3.05) is 23.3 Å². The van der Waals surface area contributed by atoms with E-state index in [0.29, 0.717) is 6.04 Å². The molecule has 0 amide bonds. The highest BCUT2D eigenvalue weighted by Gasteiger charge is 2.48. The molecule has 21 heavy (non-hydrogen) atoms. The minimum atomic E-state index is 0.263. The smallest absolute Gasteiger partial charge is 0.0382 e. The number of hydrogen-bond donors (Lipinski definition) is 1. The number of rotatable bonds is 1. The Morgan fingerprint density at radius 1 is 1.14 bits per heavy atom. The molecule has 0 bridgehead atoms. The maximum Gasteiger partial charge on any atom is 0.0382 e. The van der Waals surface area contributed by atoms with Crippen molar-refractivity contribution in [3.8, 4) is 0 Å². The molecule has 0 aliphatic carbocycles. The van der Waals surface area contributed by atoms with Gasteiger partial charge in [-0.3, -0.25) is 0 Å². The fourth-order valence-electron chi connectivity index (χ4n) is 3.93. The van der Waals surface area contributed by atoms with Gasteiger partial charge in [0.05, 0.1) is 0 Å². The minimum Gasteiger partial charge on any atom is -0.381 e. The number of benzene rings is 2. The highest BCUT2D eigenvalue weighted by molar-refractivity contribution is 14.1. The number of hydrogen-bond acceptors (Lipinski definition) is 2. The van der Waals surface area contributed by atoms with Gasteiger partial charge in [-0.25, -0.2) is 0 Å². The highest BCUT2D eigenvalue weighted by atomic mass is 127. The first-order valence-electron chi connectivity index (χ1n) is 7.56. The van der Waals surface area contributed by atoms with Crippen LogP contribution in [0.5, 0.6) is 0 Å². The monoisotopic (exact) mass is 390 g/mol. The van der Waals surface area contributed by atoms with Crippen LogP contribution in [0.25, 0.3) is 0 Å². The molecule has 0 saturated carbocycles. The molecule has 1 unspecified atom stereocenters. The number of para-hydroxylation sites is 1. The van der Waals surface area contributed by atoms with Gasteiger partial charge >= 0.3 is 0 Å². The van der Waals surface area contributed by atoms with E-state index in [2.05, 4.69) is 88.3 Å². The van der Waals surface area contributed by atoms with Crippen molar-refractivity contribution in [2.24, 2.45) is 0 Å². The van der Waals surface area contributed by atoms with Crippen LogP contribution in [0, 0.1) is 3.57 Å². The molecule has 108 valence electrons. The molecule has 2 aliphatic heterocycles. The van der Waals surface area contributed by atoms with Crippen LogP contribution in [-0.2, 0) is 5.41 Å². The zero-order valence-electron chi connectivity index (χ0n) is 12.1. The lowest BCUT2D eigenvalue weighted by atomic mass is 9.76. The zero-order chi connectivity index (χ0) is 14.4. The Hall–Kier alpha value is -1.23. The van der Waals surface area contributed by atoms with Crippen LogP contribution in [-0.4, -0.2) is 19.1 Å².